The van der Waals surface area contributed by atoms with Crippen LogP contribution in [0.5, 0.6) is 0 Å². The maximum atomic E-state index is 12.5. The molecule has 0 aliphatic carbocycles. The molecule has 1 N–H and O–H groups in total. The average molecular weight is 383 g/mol. The Labute approximate surface area is 147 Å². The lowest BCUT2D eigenvalue weighted by atomic mass is 10.1. The smallest absolute Gasteiger partial charge is 0.242 e. The lowest BCUT2D eigenvalue weighted by Crippen LogP contribution is -2.52. The van der Waals surface area contributed by atoms with Gasteiger partial charge in [-0.3, -0.25) is 9.59 Å². The fourth-order valence-electron chi connectivity index (χ4n) is 2.20. The van der Waals surface area contributed by atoms with Crippen LogP contribution in [0.15, 0.2) is 28.7 Å². The van der Waals surface area contributed by atoms with E-state index in [0.717, 1.165) is 16.5 Å². The van der Waals surface area contributed by atoms with E-state index in [2.05, 4.69) is 21.2 Å². The van der Waals surface area contributed by atoms with Crippen LogP contribution in [-0.2, 0) is 16.1 Å². The highest BCUT2D eigenvalue weighted by Gasteiger charge is 2.27. The van der Waals surface area contributed by atoms with Gasteiger partial charge in [-0.1, -0.05) is 35.0 Å². The van der Waals surface area contributed by atoms with Gasteiger partial charge in [0.15, 0.2) is 0 Å². The van der Waals surface area contributed by atoms with Gasteiger partial charge in [0.1, 0.15) is 6.04 Å². The molecule has 128 valence electrons. The lowest BCUT2D eigenvalue weighted by Gasteiger charge is -2.31. The van der Waals surface area contributed by atoms with Crippen molar-refractivity contribution in [3.8, 4) is 0 Å². The minimum absolute atomic E-state index is 0.00646. The summed E-state index contributed by atoms with van der Waals surface area (Å²) in [6.45, 7) is 9.99. The third kappa shape index (κ3) is 6.73. The van der Waals surface area contributed by atoms with Crippen LogP contribution in [0.1, 0.15) is 53.0 Å². The van der Waals surface area contributed by atoms with Gasteiger partial charge >= 0.3 is 0 Å². The lowest BCUT2D eigenvalue weighted by molar-refractivity contribution is -0.141. The van der Waals surface area contributed by atoms with Crippen molar-refractivity contribution in [1.29, 1.82) is 0 Å². The molecule has 2 amide bonds. The normalized spacial score (nSPS) is 12.6. The first-order valence-electron chi connectivity index (χ1n) is 8.00. The minimum Gasteiger partial charge on any atom is -0.350 e. The van der Waals surface area contributed by atoms with Gasteiger partial charge in [0.25, 0.3) is 0 Å². The highest BCUT2D eigenvalue weighted by atomic mass is 79.9. The Morgan fingerprint density at radius 3 is 2.26 bits per heavy atom. The summed E-state index contributed by atoms with van der Waals surface area (Å²) in [7, 11) is 0. The van der Waals surface area contributed by atoms with Gasteiger partial charge < -0.3 is 10.2 Å². The number of hydrogen-bond acceptors (Lipinski definition) is 2. The maximum absolute atomic E-state index is 12.5. The largest absolute Gasteiger partial charge is 0.350 e. The van der Waals surface area contributed by atoms with Gasteiger partial charge in [0.05, 0.1) is 0 Å². The Morgan fingerprint density at radius 1 is 1.22 bits per heavy atom. The average Bonchev–Trinajstić information content (AvgIpc) is 2.44. The van der Waals surface area contributed by atoms with E-state index in [0.29, 0.717) is 13.0 Å². The fourth-order valence-corrected chi connectivity index (χ4v) is 2.46. The van der Waals surface area contributed by atoms with Crippen molar-refractivity contribution in [2.75, 3.05) is 0 Å². The second kappa shape index (κ2) is 8.48. The standard InChI is InChI=1S/C18H27BrN2O2/c1-6-7-16(22)21(12-14-8-10-15(19)11-9-14)13(2)17(23)20-18(3,4)5/h8-11,13H,6-7,12H2,1-5H3,(H,20,23)/t13-/m0/s1. The molecule has 23 heavy (non-hydrogen) atoms. The summed E-state index contributed by atoms with van der Waals surface area (Å²) in [5.41, 5.74) is 0.690. The molecular weight excluding hydrogens is 356 g/mol. The zero-order chi connectivity index (χ0) is 17.6. The van der Waals surface area contributed by atoms with E-state index in [-0.39, 0.29) is 17.4 Å². The maximum Gasteiger partial charge on any atom is 0.242 e. The third-order valence-corrected chi connectivity index (χ3v) is 3.92. The number of carbonyl (C=O) groups excluding carboxylic acids is 2. The van der Waals surface area contributed by atoms with Crippen LogP contribution >= 0.6 is 15.9 Å². The van der Waals surface area contributed by atoms with Gasteiger partial charge in [-0.05, 0) is 51.8 Å². The number of nitrogens with one attached hydrogen (secondary N) is 1. The Balaban J connectivity index is 2.93. The Kier molecular flexibility index (Phi) is 7.26. The summed E-state index contributed by atoms with van der Waals surface area (Å²) in [4.78, 5) is 26.6. The van der Waals surface area contributed by atoms with Gasteiger partial charge in [-0.15, -0.1) is 0 Å². The zero-order valence-corrected chi connectivity index (χ0v) is 16.2. The van der Waals surface area contributed by atoms with Crippen LogP contribution in [-0.4, -0.2) is 28.3 Å². The van der Waals surface area contributed by atoms with Crippen LogP contribution in [0.3, 0.4) is 0 Å². The fraction of sp³-hybridized carbons (Fsp3) is 0.556. The molecule has 1 atom stereocenters. The van der Waals surface area contributed by atoms with Crippen molar-refractivity contribution in [1.82, 2.24) is 10.2 Å². The number of nitrogens with zero attached hydrogens (tertiary/aromatic N) is 1. The van der Waals surface area contributed by atoms with Crippen molar-refractivity contribution < 1.29 is 9.59 Å². The monoisotopic (exact) mass is 382 g/mol. The number of halogens is 1. The van der Waals surface area contributed by atoms with Crippen molar-refractivity contribution in [2.45, 2.75) is 65.6 Å². The molecule has 0 spiro atoms. The predicted molar refractivity (Wildman–Crippen MR) is 97.0 cm³/mol. The molecule has 4 nitrogen and oxygen atoms in total. The molecule has 0 aromatic heterocycles. The number of rotatable bonds is 6. The molecule has 1 aromatic carbocycles. The SMILES string of the molecule is CCCC(=O)N(Cc1ccc(Br)cc1)[C@@H](C)C(=O)NC(C)(C)C. The zero-order valence-electron chi connectivity index (χ0n) is 14.6. The molecule has 0 saturated carbocycles. The molecule has 0 aliphatic rings. The van der Waals surface area contributed by atoms with E-state index in [1.807, 2.05) is 52.0 Å². The predicted octanol–water partition coefficient (Wildman–Crippen LogP) is 3.88. The number of benzene rings is 1. The molecule has 5 heteroatoms. The molecule has 1 aromatic rings. The van der Waals surface area contributed by atoms with Crippen molar-refractivity contribution in [2.24, 2.45) is 0 Å². The first-order chi connectivity index (χ1) is 10.6. The van der Waals surface area contributed by atoms with Crippen molar-refractivity contribution in [3.63, 3.8) is 0 Å². The second-order valence-corrected chi connectivity index (χ2v) is 7.73. The van der Waals surface area contributed by atoms with Gasteiger partial charge in [-0.25, -0.2) is 0 Å². The van der Waals surface area contributed by atoms with Gasteiger partial charge in [0, 0.05) is 23.0 Å². The molecule has 1 rings (SSSR count). The molecule has 0 unspecified atom stereocenters. The van der Waals surface area contributed by atoms with E-state index >= 15 is 0 Å². The Bertz CT molecular complexity index is 535. The molecule has 0 saturated heterocycles. The number of carbonyl (C=O) groups is 2. The molecular formula is C18H27BrN2O2. The highest BCUT2D eigenvalue weighted by molar-refractivity contribution is 9.10. The quantitative estimate of drug-likeness (QED) is 0.811. The van der Waals surface area contributed by atoms with E-state index < -0.39 is 6.04 Å². The molecule has 0 radical (unpaired) electrons. The Hall–Kier alpha value is -1.36. The third-order valence-electron chi connectivity index (χ3n) is 3.40. The van der Waals surface area contributed by atoms with Gasteiger partial charge in [-0.2, -0.15) is 0 Å². The first-order valence-corrected chi connectivity index (χ1v) is 8.79. The summed E-state index contributed by atoms with van der Waals surface area (Å²) < 4.78 is 0.992. The van der Waals surface area contributed by atoms with Gasteiger partial charge in [0.2, 0.25) is 11.8 Å². The van der Waals surface area contributed by atoms with E-state index in [4.69, 9.17) is 0 Å². The molecule has 0 fully saturated rings. The summed E-state index contributed by atoms with van der Waals surface area (Å²) in [6.07, 6.45) is 1.22. The summed E-state index contributed by atoms with van der Waals surface area (Å²) >= 11 is 3.41. The summed E-state index contributed by atoms with van der Waals surface area (Å²) in [5, 5.41) is 2.95. The highest BCUT2D eigenvalue weighted by Crippen LogP contribution is 2.15. The summed E-state index contributed by atoms with van der Waals surface area (Å²) in [6, 6.07) is 7.31. The Morgan fingerprint density at radius 2 is 1.78 bits per heavy atom. The molecule has 0 heterocycles. The topological polar surface area (TPSA) is 49.4 Å². The molecule has 0 bridgehead atoms. The van der Waals surface area contributed by atoms with Crippen LogP contribution < -0.4 is 5.32 Å². The van der Waals surface area contributed by atoms with E-state index in [1.54, 1.807) is 11.8 Å². The van der Waals surface area contributed by atoms with E-state index in [1.165, 1.54) is 0 Å². The van der Waals surface area contributed by atoms with Crippen LogP contribution in [0.25, 0.3) is 0 Å². The minimum atomic E-state index is -0.503. The van der Waals surface area contributed by atoms with Crippen LogP contribution in [0.4, 0.5) is 0 Å². The molecule has 0 aliphatic heterocycles. The van der Waals surface area contributed by atoms with Crippen LogP contribution in [0, 0.1) is 0 Å². The number of hydrogen-bond donors (Lipinski definition) is 1. The van der Waals surface area contributed by atoms with Crippen LogP contribution in [0.2, 0.25) is 0 Å². The summed E-state index contributed by atoms with van der Waals surface area (Å²) in [5.74, 6) is -0.119. The first kappa shape index (κ1) is 19.7. The van der Waals surface area contributed by atoms with Crippen molar-refractivity contribution >= 4 is 27.7 Å². The number of amides is 2. The second-order valence-electron chi connectivity index (χ2n) is 6.81. The van der Waals surface area contributed by atoms with E-state index in [9.17, 15) is 9.59 Å². The van der Waals surface area contributed by atoms with Crippen molar-refractivity contribution in [3.05, 3.63) is 34.3 Å².